The molecule has 0 bridgehead atoms. The summed E-state index contributed by atoms with van der Waals surface area (Å²) in [5.74, 6) is 0. The van der Waals surface area contributed by atoms with Crippen LogP contribution >= 0.6 is 11.6 Å². The summed E-state index contributed by atoms with van der Waals surface area (Å²) in [5, 5.41) is 3.15. The molecule has 112 valence electrons. The van der Waals surface area contributed by atoms with Gasteiger partial charge >= 0.3 is 6.18 Å². The van der Waals surface area contributed by atoms with E-state index in [9.17, 15) is 13.2 Å². The zero-order valence-electron chi connectivity index (χ0n) is 11.3. The van der Waals surface area contributed by atoms with Crippen LogP contribution in [0.2, 0.25) is 5.02 Å². The summed E-state index contributed by atoms with van der Waals surface area (Å²) in [5.41, 5.74) is -0.177. The van der Waals surface area contributed by atoms with Crippen molar-refractivity contribution in [2.24, 2.45) is 0 Å². The largest absolute Gasteiger partial charge is 0.417 e. The first-order valence-electron chi connectivity index (χ1n) is 6.77. The average Bonchev–Trinajstić information content (AvgIpc) is 2.84. The molecule has 1 saturated heterocycles. The van der Waals surface area contributed by atoms with E-state index < -0.39 is 11.7 Å². The zero-order chi connectivity index (χ0) is 14.8. The van der Waals surface area contributed by atoms with E-state index in [4.69, 9.17) is 11.6 Å². The molecule has 2 nitrogen and oxygen atoms in total. The lowest BCUT2D eigenvalue weighted by Gasteiger charge is -2.21. The highest BCUT2D eigenvalue weighted by Gasteiger charge is 2.34. The number of hydrogen-bond donors (Lipinski definition) is 1. The quantitative estimate of drug-likeness (QED) is 0.906. The smallest absolute Gasteiger partial charge is 0.370 e. The Labute approximate surface area is 121 Å². The van der Waals surface area contributed by atoms with E-state index in [1.165, 1.54) is 6.07 Å². The molecule has 0 spiro atoms. The Morgan fingerprint density at radius 3 is 2.80 bits per heavy atom. The minimum Gasteiger partial charge on any atom is -0.370 e. The van der Waals surface area contributed by atoms with Crippen LogP contribution in [0.25, 0.3) is 0 Å². The molecule has 0 radical (unpaired) electrons. The summed E-state index contributed by atoms with van der Waals surface area (Å²) in [4.78, 5) is 1.97. The first kappa shape index (κ1) is 15.4. The average molecular weight is 307 g/mol. The Morgan fingerprint density at radius 1 is 1.40 bits per heavy atom. The number of alkyl halides is 3. The van der Waals surface area contributed by atoms with Crippen molar-refractivity contribution in [1.82, 2.24) is 5.32 Å². The van der Waals surface area contributed by atoms with E-state index in [0.717, 1.165) is 38.5 Å². The molecular weight excluding hydrogens is 289 g/mol. The lowest BCUT2D eigenvalue weighted by molar-refractivity contribution is -0.137. The van der Waals surface area contributed by atoms with Crippen molar-refractivity contribution >= 4 is 17.3 Å². The Hall–Kier alpha value is -0.940. The number of nitrogens with zero attached hydrogens (tertiary/aromatic N) is 1. The molecule has 20 heavy (non-hydrogen) atoms. The second kappa shape index (κ2) is 6.22. The van der Waals surface area contributed by atoms with Gasteiger partial charge in [0.15, 0.2) is 0 Å². The van der Waals surface area contributed by atoms with Crippen molar-refractivity contribution in [3.05, 3.63) is 28.8 Å². The van der Waals surface area contributed by atoms with Gasteiger partial charge < -0.3 is 10.2 Å². The second-order valence-corrected chi connectivity index (χ2v) is 5.45. The molecule has 0 aliphatic carbocycles. The lowest BCUT2D eigenvalue weighted by Crippen LogP contribution is -2.33. The van der Waals surface area contributed by atoms with Gasteiger partial charge in [0.25, 0.3) is 0 Å². The van der Waals surface area contributed by atoms with Crippen LogP contribution in [0.3, 0.4) is 0 Å². The SMILES string of the molecule is CCCNC1CCN(c2ccc(Cl)c(C(F)(F)F)c2)C1. The molecule has 1 fully saturated rings. The molecule has 1 heterocycles. The molecule has 0 aromatic heterocycles. The Bertz CT molecular complexity index is 462. The number of nitrogens with one attached hydrogen (secondary N) is 1. The van der Waals surface area contributed by atoms with E-state index >= 15 is 0 Å². The van der Waals surface area contributed by atoms with Gasteiger partial charge in [-0.05, 0) is 37.6 Å². The van der Waals surface area contributed by atoms with Crippen molar-refractivity contribution in [1.29, 1.82) is 0 Å². The zero-order valence-corrected chi connectivity index (χ0v) is 12.1. The molecule has 1 N–H and O–H groups in total. The van der Waals surface area contributed by atoms with Crippen LogP contribution in [-0.4, -0.2) is 25.7 Å². The fourth-order valence-corrected chi connectivity index (χ4v) is 2.66. The summed E-state index contributed by atoms with van der Waals surface area (Å²) in [6, 6.07) is 4.47. The topological polar surface area (TPSA) is 15.3 Å². The highest BCUT2D eigenvalue weighted by atomic mass is 35.5. The molecule has 1 atom stereocenters. The van der Waals surface area contributed by atoms with Crippen LogP contribution < -0.4 is 10.2 Å². The van der Waals surface area contributed by atoms with Crippen molar-refractivity contribution in [2.75, 3.05) is 24.5 Å². The fourth-order valence-electron chi connectivity index (χ4n) is 2.44. The maximum atomic E-state index is 12.8. The maximum Gasteiger partial charge on any atom is 0.417 e. The van der Waals surface area contributed by atoms with Gasteiger partial charge in [-0.1, -0.05) is 18.5 Å². The van der Waals surface area contributed by atoms with Crippen molar-refractivity contribution in [3.8, 4) is 0 Å². The minimum absolute atomic E-state index is 0.249. The van der Waals surface area contributed by atoms with Crippen LogP contribution in [0.4, 0.5) is 18.9 Å². The van der Waals surface area contributed by atoms with E-state index in [0.29, 0.717) is 11.7 Å². The first-order chi connectivity index (χ1) is 9.41. The van der Waals surface area contributed by atoms with E-state index in [-0.39, 0.29) is 5.02 Å². The first-order valence-corrected chi connectivity index (χ1v) is 7.14. The van der Waals surface area contributed by atoms with Crippen LogP contribution in [-0.2, 0) is 6.18 Å². The van der Waals surface area contributed by atoms with Crippen LogP contribution in [0.5, 0.6) is 0 Å². The fraction of sp³-hybridized carbons (Fsp3) is 0.571. The number of anilines is 1. The monoisotopic (exact) mass is 306 g/mol. The highest BCUT2D eigenvalue weighted by molar-refractivity contribution is 6.31. The number of benzene rings is 1. The molecule has 6 heteroatoms. The molecular formula is C14H18ClF3N2. The molecule has 1 aliphatic rings. The van der Waals surface area contributed by atoms with Gasteiger partial charge in [-0.25, -0.2) is 0 Å². The number of halogens is 4. The third kappa shape index (κ3) is 3.58. The van der Waals surface area contributed by atoms with Gasteiger partial charge in [0.2, 0.25) is 0 Å². The molecule has 1 aliphatic heterocycles. The van der Waals surface area contributed by atoms with Crippen LogP contribution in [0.1, 0.15) is 25.3 Å². The highest BCUT2D eigenvalue weighted by Crippen LogP contribution is 2.37. The summed E-state index contributed by atoms with van der Waals surface area (Å²) in [6.45, 7) is 4.53. The van der Waals surface area contributed by atoms with Gasteiger partial charge in [-0.2, -0.15) is 13.2 Å². The number of rotatable bonds is 4. The summed E-state index contributed by atoms with van der Waals surface area (Å²) >= 11 is 5.63. The van der Waals surface area contributed by atoms with Gasteiger partial charge in [-0.3, -0.25) is 0 Å². The van der Waals surface area contributed by atoms with Crippen molar-refractivity contribution in [2.45, 2.75) is 32.0 Å². The third-order valence-electron chi connectivity index (χ3n) is 3.49. The van der Waals surface area contributed by atoms with Crippen LogP contribution in [0.15, 0.2) is 18.2 Å². The van der Waals surface area contributed by atoms with Gasteiger partial charge in [0.05, 0.1) is 10.6 Å². The lowest BCUT2D eigenvalue weighted by atomic mass is 10.2. The maximum absolute atomic E-state index is 12.8. The number of hydrogen-bond acceptors (Lipinski definition) is 2. The molecule has 1 aromatic rings. The standard InChI is InChI=1S/C14H18ClF3N2/c1-2-6-19-10-5-7-20(9-10)11-3-4-13(15)12(8-11)14(16,17)18/h3-4,8,10,19H,2,5-7,9H2,1H3. The van der Waals surface area contributed by atoms with Gasteiger partial charge in [0.1, 0.15) is 0 Å². The minimum atomic E-state index is -4.41. The molecule has 0 saturated carbocycles. The van der Waals surface area contributed by atoms with Crippen LogP contribution in [0, 0.1) is 0 Å². The van der Waals surface area contributed by atoms with Crippen molar-refractivity contribution < 1.29 is 13.2 Å². The predicted molar refractivity (Wildman–Crippen MR) is 75.4 cm³/mol. The van der Waals surface area contributed by atoms with E-state index in [1.807, 2.05) is 4.90 Å². The normalized spacial score (nSPS) is 19.6. The van der Waals surface area contributed by atoms with E-state index in [1.54, 1.807) is 6.07 Å². The van der Waals surface area contributed by atoms with Gasteiger partial charge in [-0.15, -0.1) is 0 Å². The second-order valence-electron chi connectivity index (χ2n) is 5.05. The third-order valence-corrected chi connectivity index (χ3v) is 3.82. The molecule has 2 rings (SSSR count). The summed E-state index contributed by atoms with van der Waals surface area (Å²) in [6.07, 6.45) is -2.41. The van der Waals surface area contributed by atoms with Crippen molar-refractivity contribution in [3.63, 3.8) is 0 Å². The Morgan fingerprint density at radius 2 is 2.15 bits per heavy atom. The summed E-state index contributed by atoms with van der Waals surface area (Å²) in [7, 11) is 0. The Kier molecular flexibility index (Phi) is 4.81. The predicted octanol–water partition coefficient (Wildman–Crippen LogP) is 3.94. The van der Waals surface area contributed by atoms with E-state index in [2.05, 4.69) is 12.2 Å². The molecule has 0 amide bonds. The molecule has 1 aromatic carbocycles. The van der Waals surface area contributed by atoms with Gasteiger partial charge in [0, 0.05) is 24.8 Å². The summed E-state index contributed by atoms with van der Waals surface area (Å²) < 4.78 is 38.5. The Balaban J connectivity index is 2.11. The molecule has 1 unspecified atom stereocenters.